The summed E-state index contributed by atoms with van der Waals surface area (Å²) in [4.78, 5) is 19.7. The third-order valence-electron chi connectivity index (χ3n) is 6.13. The fourth-order valence-electron chi connectivity index (χ4n) is 4.12. The van der Waals surface area contributed by atoms with Crippen LogP contribution in [-0.2, 0) is 6.54 Å². The van der Waals surface area contributed by atoms with Crippen molar-refractivity contribution in [1.82, 2.24) is 19.7 Å². The number of hydrogen-bond acceptors (Lipinski definition) is 6. The van der Waals surface area contributed by atoms with Crippen LogP contribution in [0.1, 0.15) is 46.9 Å². The Balaban J connectivity index is 1.58. The second kappa shape index (κ2) is 10.3. The summed E-state index contributed by atoms with van der Waals surface area (Å²) in [5, 5.41) is 14.3. The maximum absolute atomic E-state index is 13.4. The van der Waals surface area contributed by atoms with Crippen molar-refractivity contribution in [2.24, 2.45) is 0 Å². The van der Waals surface area contributed by atoms with Crippen molar-refractivity contribution in [3.63, 3.8) is 0 Å². The lowest BCUT2D eigenvalue weighted by Gasteiger charge is -2.28. The molecule has 2 aromatic heterocycles. The maximum atomic E-state index is 13.4. The minimum Gasteiger partial charge on any atom is -0.497 e. The van der Waals surface area contributed by atoms with Crippen molar-refractivity contribution < 1.29 is 14.3 Å². The number of amides is 1. The van der Waals surface area contributed by atoms with Gasteiger partial charge >= 0.3 is 0 Å². The molecule has 2 aromatic carbocycles. The number of nitrogens with zero attached hydrogens (tertiary/aromatic N) is 5. The van der Waals surface area contributed by atoms with Gasteiger partial charge in [-0.1, -0.05) is 12.1 Å². The molecule has 0 bridgehead atoms. The fourth-order valence-corrected chi connectivity index (χ4v) is 4.12. The average molecular weight is 470 g/mol. The molecule has 4 rings (SSSR count). The van der Waals surface area contributed by atoms with Gasteiger partial charge in [-0.3, -0.25) is 4.79 Å². The Morgan fingerprint density at radius 3 is 2.54 bits per heavy atom. The highest BCUT2D eigenvalue weighted by Gasteiger charge is 2.22. The van der Waals surface area contributed by atoms with Gasteiger partial charge in [0.1, 0.15) is 11.5 Å². The van der Waals surface area contributed by atoms with Crippen LogP contribution in [0.2, 0.25) is 0 Å². The molecule has 178 valence electrons. The van der Waals surface area contributed by atoms with Crippen LogP contribution in [0.3, 0.4) is 0 Å². The van der Waals surface area contributed by atoms with Gasteiger partial charge in [-0.2, -0.15) is 10.4 Å². The van der Waals surface area contributed by atoms with E-state index in [0.29, 0.717) is 41.4 Å². The maximum Gasteiger partial charge on any atom is 0.255 e. The highest BCUT2D eigenvalue weighted by Crippen LogP contribution is 2.27. The van der Waals surface area contributed by atoms with Crippen molar-refractivity contribution in [3.8, 4) is 17.6 Å². The number of hydrogen-bond donors (Lipinski definition) is 0. The summed E-state index contributed by atoms with van der Waals surface area (Å²) in [5.74, 6) is 1.31. The summed E-state index contributed by atoms with van der Waals surface area (Å²) >= 11 is 0. The number of pyridine rings is 1. The van der Waals surface area contributed by atoms with Gasteiger partial charge in [0.15, 0.2) is 5.65 Å². The number of carbonyl (C=O) groups is 1. The molecule has 0 spiro atoms. The van der Waals surface area contributed by atoms with Crippen LogP contribution in [0.25, 0.3) is 11.0 Å². The zero-order valence-electron chi connectivity index (χ0n) is 20.2. The molecule has 0 aliphatic carbocycles. The third-order valence-corrected chi connectivity index (χ3v) is 6.13. The topological polar surface area (TPSA) is 93.3 Å². The van der Waals surface area contributed by atoms with E-state index in [1.807, 2.05) is 50.2 Å². The van der Waals surface area contributed by atoms with E-state index in [2.05, 4.69) is 16.2 Å². The van der Waals surface area contributed by atoms with Crippen molar-refractivity contribution in [1.29, 1.82) is 5.26 Å². The molecule has 0 radical (unpaired) electrons. The number of methoxy groups -OCH3 is 2. The molecule has 0 saturated carbocycles. The van der Waals surface area contributed by atoms with Crippen LogP contribution < -0.4 is 9.47 Å². The van der Waals surface area contributed by atoms with Crippen molar-refractivity contribution in [2.45, 2.75) is 26.4 Å². The minimum atomic E-state index is -0.152. The van der Waals surface area contributed by atoms with Gasteiger partial charge in [-0.15, -0.1) is 0 Å². The van der Waals surface area contributed by atoms with Gasteiger partial charge < -0.3 is 14.4 Å². The Morgan fingerprint density at radius 1 is 1.11 bits per heavy atom. The summed E-state index contributed by atoms with van der Waals surface area (Å²) in [7, 11) is 3.23. The molecule has 0 aliphatic rings. The van der Waals surface area contributed by atoms with E-state index in [1.165, 1.54) is 0 Å². The first-order valence-electron chi connectivity index (χ1n) is 11.3. The second-order valence-corrected chi connectivity index (χ2v) is 8.12. The number of benzene rings is 2. The molecular weight excluding hydrogens is 442 g/mol. The molecule has 8 heteroatoms. The van der Waals surface area contributed by atoms with Crippen LogP contribution >= 0.6 is 0 Å². The van der Waals surface area contributed by atoms with Gasteiger partial charge in [0, 0.05) is 29.8 Å². The summed E-state index contributed by atoms with van der Waals surface area (Å²) in [6.07, 6.45) is 3.32. The van der Waals surface area contributed by atoms with E-state index in [-0.39, 0.29) is 11.9 Å². The summed E-state index contributed by atoms with van der Waals surface area (Å²) in [6.45, 7) is 4.93. The van der Waals surface area contributed by atoms with Gasteiger partial charge in [-0.25, -0.2) is 9.67 Å². The van der Waals surface area contributed by atoms with Crippen LogP contribution in [0.15, 0.2) is 60.9 Å². The number of ether oxygens (including phenoxy) is 2. The van der Waals surface area contributed by atoms with E-state index < -0.39 is 0 Å². The normalized spacial score (nSPS) is 11.6. The first-order chi connectivity index (χ1) is 17.0. The Kier molecular flexibility index (Phi) is 6.97. The Morgan fingerprint density at radius 2 is 1.89 bits per heavy atom. The van der Waals surface area contributed by atoms with Gasteiger partial charge in [0.05, 0.1) is 50.2 Å². The molecule has 0 N–H and O–H groups in total. The predicted molar refractivity (Wildman–Crippen MR) is 132 cm³/mol. The largest absolute Gasteiger partial charge is 0.497 e. The highest BCUT2D eigenvalue weighted by molar-refractivity contribution is 5.97. The van der Waals surface area contributed by atoms with Crippen molar-refractivity contribution in [3.05, 3.63) is 83.2 Å². The third kappa shape index (κ3) is 4.80. The van der Waals surface area contributed by atoms with Crippen LogP contribution in [-0.4, -0.2) is 46.3 Å². The standard InChI is InChI=1S/C27H27N5O3/c1-5-31(18(2)20-8-6-19(14-28)7-9-20)27(33)23-12-22-16-30-32(26(22)29-15-23)17-21-10-11-24(34-3)13-25(21)35-4/h6-13,15-16,18H,5,17H2,1-4H3. The van der Waals surface area contributed by atoms with Crippen molar-refractivity contribution in [2.75, 3.05) is 20.8 Å². The smallest absolute Gasteiger partial charge is 0.255 e. The van der Waals surface area contributed by atoms with E-state index in [1.54, 1.807) is 48.3 Å². The van der Waals surface area contributed by atoms with Crippen LogP contribution in [0.5, 0.6) is 11.5 Å². The number of nitriles is 1. The lowest BCUT2D eigenvalue weighted by molar-refractivity contribution is 0.0702. The van der Waals surface area contributed by atoms with Gasteiger partial charge in [0.2, 0.25) is 0 Å². The van der Waals surface area contributed by atoms with Gasteiger partial charge in [-0.05, 0) is 49.7 Å². The first kappa shape index (κ1) is 23.8. The number of aromatic nitrogens is 3. The predicted octanol–water partition coefficient (Wildman–Crippen LogP) is 4.59. The highest BCUT2D eigenvalue weighted by atomic mass is 16.5. The molecule has 1 unspecified atom stereocenters. The number of rotatable bonds is 8. The minimum absolute atomic E-state index is 0.108. The number of carbonyl (C=O) groups excluding carboxylic acids is 1. The fraction of sp³-hybridized carbons (Fsp3) is 0.259. The molecule has 0 fully saturated rings. The summed E-state index contributed by atoms with van der Waals surface area (Å²) < 4.78 is 12.6. The monoisotopic (exact) mass is 469 g/mol. The molecule has 35 heavy (non-hydrogen) atoms. The van der Waals surface area contributed by atoms with E-state index in [4.69, 9.17) is 14.7 Å². The molecule has 4 aromatic rings. The SMILES string of the molecule is CCN(C(=O)c1cnc2c(cnn2Cc2ccc(OC)cc2OC)c1)C(C)c1ccc(C#N)cc1. The zero-order valence-corrected chi connectivity index (χ0v) is 20.2. The average Bonchev–Trinajstić information content (AvgIpc) is 3.31. The molecule has 2 heterocycles. The Hall–Kier alpha value is -4.38. The molecular formula is C27H27N5O3. The van der Waals surface area contributed by atoms with Crippen LogP contribution in [0, 0.1) is 11.3 Å². The quantitative estimate of drug-likeness (QED) is 0.375. The van der Waals surface area contributed by atoms with E-state index in [9.17, 15) is 4.79 Å². The van der Waals surface area contributed by atoms with E-state index >= 15 is 0 Å². The lowest BCUT2D eigenvalue weighted by atomic mass is 10.0. The van der Waals surface area contributed by atoms with Crippen LogP contribution in [0.4, 0.5) is 0 Å². The molecule has 1 atom stereocenters. The lowest BCUT2D eigenvalue weighted by Crippen LogP contribution is -2.33. The number of fused-ring (bicyclic) bond motifs is 1. The van der Waals surface area contributed by atoms with Crippen molar-refractivity contribution >= 4 is 16.9 Å². The zero-order chi connectivity index (χ0) is 24.9. The molecule has 0 saturated heterocycles. The molecule has 8 nitrogen and oxygen atoms in total. The summed E-state index contributed by atoms with van der Waals surface area (Å²) in [6, 6.07) is 16.8. The molecule has 0 aliphatic heterocycles. The second-order valence-electron chi connectivity index (χ2n) is 8.12. The van der Waals surface area contributed by atoms with Gasteiger partial charge in [0.25, 0.3) is 5.91 Å². The Bertz CT molecular complexity index is 1390. The summed E-state index contributed by atoms with van der Waals surface area (Å²) in [5.41, 5.74) is 3.68. The Labute approximate surface area is 204 Å². The van der Waals surface area contributed by atoms with E-state index in [0.717, 1.165) is 16.5 Å². The molecule has 1 amide bonds. The first-order valence-corrected chi connectivity index (χ1v) is 11.3.